The van der Waals surface area contributed by atoms with Crippen molar-refractivity contribution in [1.82, 2.24) is 20.7 Å². The number of nitrogens with two attached hydrogens (primary N) is 3. The maximum Gasteiger partial charge on any atom is 0.350 e. The summed E-state index contributed by atoms with van der Waals surface area (Å²) in [7, 11) is 0. The molecule has 0 radical (unpaired) electrons. The van der Waals surface area contributed by atoms with Crippen molar-refractivity contribution in [3.63, 3.8) is 0 Å². The Morgan fingerprint density at radius 2 is 2.08 bits per heavy atom. The van der Waals surface area contributed by atoms with Gasteiger partial charge in [-0.25, -0.2) is 21.2 Å². The molecule has 0 aromatic carbocycles. The topological polar surface area (TPSA) is 250 Å². The first kappa shape index (κ1) is 27.7. The highest BCUT2D eigenvalue weighted by Crippen LogP contribution is 2.40. The van der Waals surface area contributed by atoms with E-state index >= 15 is 0 Å². The summed E-state index contributed by atoms with van der Waals surface area (Å²) in [5.41, 5.74) is 12.4. The van der Waals surface area contributed by atoms with E-state index in [1.807, 2.05) is 0 Å². The van der Waals surface area contributed by atoms with Crippen LogP contribution in [0.15, 0.2) is 26.9 Å². The summed E-state index contributed by atoms with van der Waals surface area (Å²) >= 11 is 2.33. The molecule has 9 N–H and O–H groups in total. The molecular formula is C19H25N9O7S2. The number of nitrogens with one attached hydrogen (secondary N) is 2. The molecule has 1 fully saturated rings. The van der Waals surface area contributed by atoms with E-state index in [9.17, 15) is 24.3 Å². The van der Waals surface area contributed by atoms with Gasteiger partial charge in [-0.15, -0.1) is 28.2 Å². The molecule has 16 nitrogen and oxygen atoms in total. The Balaban J connectivity index is 1.85. The van der Waals surface area contributed by atoms with Crippen LogP contribution in [0.3, 0.4) is 0 Å². The van der Waals surface area contributed by atoms with Crippen molar-refractivity contribution < 1.29 is 33.9 Å². The van der Waals surface area contributed by atoms with Crippen molar-refractivity contribution in [2.45, 2.75) is 37.8 Å². The Kier molecular flexibility index (Phi) is 8.24. The molecule has 0 aliphatic carbocycles. The number of carbonyl (C=O) groups excluding carboxylic acids is 3. The highest BCUT2D eigenvalue weighted by atomic mass is 32.2. The second kappa shape index (κ2) is 11.0. The van der Waals surface area contributed by atoms with E-state index in [4.69, 9.17) is 26.9 Å². The third kappa shape index (κ3) is 5.92. The van der Waals surface area contributed by atoms with E-state index in [1.165, 1.54) is 42.8 Å². The minimum absolute atomic E-state index is 0.0377. The predicted molar refractivity (Wildman–Crippen MR) is 133 cm³/mol. The number of fused-ring (bicyclic) bond motifs is 1. The van der Waals surface area contributed by atoms with Crippen LogP contribution in [0.25, 0.3) is 0 Å². The minimum atomic E-state index is -1.75. The number of hydrazine groups is 1. The molecule has 0 spiro atoms. The van der Waals surface area contributed by atoms with E-state index in [0.717, 1.165) is 11.3 Å². The molecule has 2 aliphatic heterocycles. The average molecular weight is 556 g/mol. The van der Waals surface area contributed by atoms with Gasteiger partial charge >= 0.3 is 11.9 Å². The first-order valence-corrected chi connectivity index (χ1v) is 12.4. The molecule has 1 aromatic heterocycles. The molecule has 1 aromatic rings. The van der Waals surface area contributed by atoms with Crippen LogP contribution in [0.4, 0.5) is 5.13 Å². The maximum absolute atomic E-state index is 13.2. The Labute approximate surface area is 218 Å². The maximum atomic E-state index is 13.2. The summed E-state index contributed by atoms with van der Waals surface area (Å²) in [5.74, 6) is 2.23. The van der Waals surface area contributed by atoms with Crippen LogP contribution in [0.5, 0.6) is 0 Å². The Bertz CT molecular complexity index is 1210. The van der Waals surface area contributed by atoms with Gasteiger partial charge in [0.25, 0.3) is 11.8 Å². The largest absolute Gasteiger partial charge is 0.478 e. The number of ether oxygens (including phenoxy) is 1. The molecule has 2 atom stereocenters. The summed E-state index contributed by atoms with van der Waals surface area (Å²) in [6.07, 6.45) is 0. The Morgan fingerprint density at radius 3 is 2.65 bits per heavy atom. The van der Waals surface area contributed by atoms with Crippen LogP contribution < -0.4 is 28.2 Å². The van der Waals surface area contributed by atoms with E-state index in [2.05, 4.69) is 26.1 Å². The lowest BCUT2D eigenvalue weighted by Crippen LogP contribution is -2.71. The number of nitrogen functional groups attached to an aromatic ring is 1. The van der Waals surface area contributed by atoms with Crippen LogP contribution in [0.2, 0.25) is 0 Å². The van der Waals surface area contributed by atoms with E-state index < -0.39 is 40.8 Å². The summed E-state index contributed by atoms with van der Waals surface area (Å²) in [5, 5.41) is 20.3. The molecular weight excluding hydrogens is 530 g/mol. The Hall–Kier alpha value is -3.90. The predicted octanol–water partition coefficient (Wildman–Crippen LogP) is -1.74. The third-order valence-electron chi connectivity index (χ3n) is 5.07. The summed E-state index contributed by atoms with van der Waals surface area (Å²) in [6.45, 7) is 3.62. The normalized spacial score (nSPS) is 20.1. The molecule has 200 valence electrons. The number of aliphatic carboxylic acids is 1. The monoisotopic (exact) mass is 555 g/mol. The summed E-state index contributed by atoms with van der Waals surface area (Å²) in [4.78, 5) is 59.3. The Morgan fingerprint density at radius 1 is 1.38 bits per heavy atom. The number of anilines is 1. The van der Waals surface area contributed by atoms with Crippen molar-refractivity contribution in [3.8, 4) is 0 Å². The number of carbonyl (C=O) groups is 4. The fourth-order valence-electron chi connectivity index (χ4n) is 3.17. The van der Waals surface area contributed by atoms with Gasteiger partial charge in [-0.1, -0.05) is 5.16 Å². The number of oxime groups is 1. The van der Waals surface area contributed by atoms with Gasteiger partial charge in [-0.05, 0) is 13.8 Å². The zero-order valence-electron chi connectivity index (χ0n) is 19.9. The van der Waals surface area contributed by atoms with Gasteiger partial charge < -0.3 is 31.5 Å². The number of carboxylic acid groups (broad SMARTS) is 1. The van der Waals surface area contributed by atoms with Gasteiger partial charge in [-0.3, -0.25) is 19.3 Å². The smallest absolute Gasteiger partial charge is 0.350 e. The summed E-state index contributed by atoms with van der Waals surface area (Å²) in [6, 6.07) is -1.00. The number of amides is 2. The molecule has 1 saturated heterocycles. The number of thiazole rings is 1. The van der Waals surface area contributed by atoms with Crippen LogP contribution >= 0.6 is 23.1 Å². The van der Waals surface area contributed by atoms with Crippen molar-refractivity contribution in [2.24, 2.45) is 21.8 Å². The van der Waals surface area contributed by atoms with Crippen molar-refractivity contribution >= 4 is 63.5 Å². The molecule has 18 heteroatoms. The molecule has 2 amide bonds. The number of carboxylic acids is 1. The molecule has 3 heterocycles. The van der Waals surface area contributed by atoms with Crippen LogP contribution in [-0.4, -0.2) is 79.7 Å². The third-order valence-corrected chi connectivity index (χ3v) is 7.08. The minimum Gasteiger partial charge on any atom is -0.478 e. The lowest BCUT2D eigenvalue weighted by atomic mass is 10.0. The number of aromatic nitrogens is 1. The molecule has 3 rings (SSSR count). The van der Waals surface area contributed by atoms with E-state index in [1.54, 1.807) is 0 Å². The first-order valence-electron chi connectivity index (χ1n) is 10.5. The fourth-order valence-corrected chi connectivity index (χ4v) is 5.04. The number of hydrogen-bond donors (Lipinski definition) is 6. The zero-order chi connectivity index (χ0) is 27.5. The van der Waals surface area contributed by atoms with E-state index in [-0.39, 0.29) is 34.7 Å². The fraction of sp³-hybridized carbons (Fsp3) is 0.421. The van der Waals surface area contributed by atoms with Crippen molar-refractivity contribution in [3.05, 3.63) is 22.3 Å². The van der Waals surface area contributed by atoms with Crippen molar-refractivity contribution in [1.29, 1.82) is 0 Å². The molecule has 0 saturated carbocycles. The van der Waals surface area contributed by atoms with Gasteiger partial charge in [0.2, 0.25) is 5.60 Å². The van der Waals surface area contributed by atoms with Gasteiger partial charge in [0.1, 0.15) is 23.7 Å². The number of amidine groups is 1. The summed E-state index contributed by atoms with van der Waals surface area (Å²) < 4.78 is 5.06. The second-order valence-electron chi connectivity index (χ2n) is 8.14. The second-order valence-corrected chi connectivity index (χ2v) is 10.1. The van der Waals surface area contributed by atoms with Crippen LogP contribution in [0, 0.1) is 0 Å². The number of esters is 1. The SMILES string of the molecule is CC(=O)OCC1=C(/C(N)=N/NN)N2C(=O)C(NC(=O)/C(=N\OC(C)(C)C(=O)O)c3csc(N)n3)C2SC1. The highest BCUT2D eigenvalue weighted by Gasteiger charge is 2.53. The van der Waals surface area contributed by atoms with Gasteiger partial charge in [0.05, 0.1) is 5.70 Å². The molecule has 2 unspecified atom stereocenters. The number of β-lactam (4-membered cyclic amide) rings is 1. The number of thioether (sulfide) groups is 1. The quantitative estimate of drug-likeness (QED) is 0.0469. The lowest BCUT2D eigenvalue weighted by molar-refractivity contribution is -0.161. The number of hydrogen-bond acceptors (Lipinski definition) is 14. The highest BCUT2D eigenvalue weighted by molar-refractivity contribution is 8.00. The van der Waals surface area contributed by atoms with Gasteiger partial charge in [0.15, 0.2) is 16.7 Å². The number of nitrogens with zero attached hydrogens (tertiary/aromatic N) is 4. The zero-order valence-corrected chi connectivity index (χ0v) is 21.5. The number of hydrazone groups is 1. The molecule has 0 bridgehead atoms. The van der Waals surface area contributed by atoms with Gasteiger partial charge in [0, 0.05) is 23.6 Å². The van der Waals surface area contributed by atoms with Crippen molar-refractivity contribution in [2.75, 3.05) is 18.1 Å². The lowest BCUT2D eigenvalue weighted by Gasteiger charge is -2.50. The van der Waals surface area contributed by atoms with Gasteiger partial charge in [-0.2, -0.15) is 0 Å². The number of rotatable bonds is 10. The van der Waals surface area contributed by atoms with E-state index in [0.29, 0.717) is 11.3 Å². The van der Waals surface area contributed by atoms with Crippen LogP contribution in [0.1, 0.15) is 26.5 Å². The van der Waals surface area contributed by atoms with Crippen LogP contribution in [-0.2, 0) is 28.8 Å². The molecule has 37 heavy (non-hydrogen) atoms. The standard InChI is InChI=1S/C19H25N9O7S2/c1-7(29)34-4-8-5-36-16-11(15(31)28(16)12(8)13(20)25-27-22)24-14(30)10(9-6-37-18(21)23-9)26-35-19(2,3)17(32)33/h6,11,16,27H,4-5,22H2,1-3H3,(H2,20,25)(H2,21,23)(H,24,30)(H,32,33)/b26-10-. The molecule has 2 aliphatic rings. The first-order chi connectivity index (χ1) is 17.4. The average Bonchev–Trinajstić information content (AvgIpc) is 3.26.